The van der Waals surface area contributed by atoms with Crippen LogP contribution in [0.3, 0.4) is 0 Å². The second-order valence-electron chi connectivity index (χ2n) is 14.0. The Hall–Kier alpha value is -5.11. The lowest BCUT2D eigenvalue weighted by Crippen LogP contribution is -2.57. The summed E-state index contributed by atoms with van der Waals surface area (Å²) in [6, 6.07) is 11.4. The quantitative estimate of drug-likeness (QED) is 0.129. The number of fused-ring (bicyclic) bond motifs is 1. The zero-order chi connectivity index (χ0) is 37.0. The van der Waals surface area contributed by atoms with Crippen LogP contribution in [0, 0.1) is 0 Å². The molecule has 15 heteroatoms. The molecule has 4 rings (SSSR count). The van der Waals surface area contributed by atoms with Gasteiger partial charge in [0.05, 0.1) is 24.2 Å². The first kappa shape index (κ1) is 37.7. The summed E-state index contributed by atoms with van der Waals surface area (Å²) in [5, 5.41) is 23.7. The van der Waals surface area contributed by atoms with Crippen molar-refractivity contribution in [2.24, 2.45) is 0 Å². The van der Waals surface area contributed by atoms with E-state index in [9.17, 15) is 19.2 Å². The van der Waals surface area contributed by atoms with E-state index in [1.165, 1.54) is 20.1 Å². The molecule has 0 spiro atoms. The molecule has 0 aliphatic rings. The maximum atomic E-state index is 13.2. The van der Waals surface area contributed by atoms with Gasteiger partial charge in [0.1, 0.15) is 16.5 Å². The van der Waals surface area contributed by atoms with E-state index >= 15 is 0 Å². The molecule has 4 amide bonds. The number of carbonyl (C=O) groups is 4. The van der Waals surface area contributed by atoms with Gasteiger partial charge in [0.25, 0.3) is 11.8 Å². The van der Waals surface area contributed by atoms with Gasteiger partial charge in [-0.15, -0.1) is 10.2 Å². The minimum Gasteiger partial charge on any atom is -0.495 e. The number of carbonyl (C=O) groups excluding carboxylic acids is 4. The number of nitrogens with one attached hydrogen (secondary N) is 5. The number of hydrogen-bond donors (Lipinski definition) is 5. The molecule has 14 nitrogen and oxygen atoms in total. The fraction of sp³-hybridized carbons (Fsp3) is 0.429. The van der Waals surface area contributed by atoms with Crippen LogP contribution < -0.4 is 30.7 Å². The minimum atomic E-state index is -0.814. The number of nitrogens with zero attached hydrogens (tertiary/aromatic N) is 3. The molecule has 0 saturated carbocycles. The standard InChI is InChI=1S/C35H45ClN8O6/c1-20(45)38-23-18-21(14-15-24(23)49-9)31(48)37-17-16-26(46)39-22-12-10-11-13-25(22)50-19-27(47)40-35(7,8)34(5,6)32-42-41-30-28(36)29(33(2,3)4)43-44(30)32/h10-15,18,43H,16-17,19H2,1-9H3,(H,37,48)(H,38,45)(H,39,46)(H,40,47). The van der Waals surface area contributed by atoms with Crippen molar-refractivity contribution in [2.75, 3.05) is 30.9 Å². The number of aromatic nitrogens is 4. The highest BCUT2D eigenvalue weighted by Crippen LogP contribution is 2.37. The molecule has 2 aromatic heterocycles. The molecule has 4 aromatic rings. The molecular weight excluding hydrogens is 664 g/mol. The summed E-state index contributed by atoms with van der Waals surface area (Å²) in [6.07, 6.45) is -0.0301. The molecule has 0 aliphatic heterocycles. The van der Waals surface area contributed by atoms with Crippen LogP contribution >= 0.6 is 11.6 Å². The molecule has 268 valence electrons. The summed E-state index contributed by atoms with van der Waals surface area (Å²) in [7, 11) is 1.46. The van der Waals surface area contributed by atoms with Crippen molar-refractivity contribution in [3.8, 4) is 11.5 Å². The number of amides is 4. The molecular formula is C35H45ClN8O6. The molecule has 5 N–H and O–H groups in total. The molecule has 50 heavy (non-hydrogen) atoms. The molecule has 0 fully saturated rings. The number of benzene rings is 2. The van der Waals surface area contributed by atoms with Gasteiger partial charge < -0.3 is 30.7 Å². The van der Waals surface area contributed by atoms with Crippen LogP contribution in [0.4, 0.5) is 11.4 Å². The average molecular weight is 709 g/mol. The molecule has 2 aromatic carbocycles. The van der Waals surface area contributed by atoms with Gasteiger partial charge in [0, 0.05) is 41.8 Å². The molecule has 0 radical (unpaired) electrons. The summed E-state index contributed by atoms with van der Waals surface area (Å²) < 4.78 is 12.8. The smallest absolute Gasteiger partial charge is 0.258 e. The Kier molecular flexibility index (Phi) is 11.2. The van der Waals surface area contributed by atoms with E-state index in [0.29, 0.717) is 39.4 Å². The van der Waals surface area contributed by atoms with Crippen LogP contribution in [0.25, 0.3) is 5.65 Å². The van der Waals surface area contributed by atoms with Gasteiger partial charge in [-0.1, -0.05) is 58.4 Å². The molecule has 0 saturated heterocycles. The average Bonchev–Trinajstić information content (AvgIpc) is 3.60. The van der Waals surface area contributed by atoms with E-state index in [1.54, 1.807) is 40.9 Å². The number of anilines is 2. The van der Waals surface area contributed by atoms with Gasteiger partial charge in [0.15, 0.2) is 18.1 Å². The van der Waals surface area contributed by atoms with Crippen LogP contribution in [0.15, 0.2) is 42.5 Å². The van der Waals surface area contributed by atoms with Crippen molar-refractivity contribution >= 4 is 52.3 Å². The summed E-state index contributed by atoms with van der Waals surface area (Å²) in [5.74, 6) is -0.179. The number of H-pyrrole nitrogens is 1. The number of halogens is 1. The molecule has 0 atom stereocenters. The maximum Gasteiger partial charge on any atom is 0.258 e. The van der Waals surface area contributed by atoms with Crippen molar-refractivity contribution in [3.05, 3.63) is 64.6 Å². The lowest BCUT2D eigenvalue weighted by Gasteiger charge is -2.40. The van der Waals surface area contributed by atoms with Crippen LogP contribution in [-0.2, 0) is 25.2 Å². The van der Waals surface area contributed by atoms with E-state index in [0.717, 1.165) is 5.69 Å². The zero-order valence-corrected chi connectivity index (χ0v) is 30.6. The van der Waals surface area contributed by atoms with Gasteiger partial charge in [-0.3, -0.25) is 24.3 Å². The minimum absolute atomic E-state index is 0.0301. The number of ether oxygens (including phenoxy) is 2. The Balaban J connectivity index is 1.33. The van der Waals surface area contributed by atoms with E-state index in [2.05, 4.69) is 36.6 Å². The van der Waals surface area contributed by atoms with Crippen molar-refractivity contribution in [1.29, 1.82) is 0 Å². The summed E-state index contributed by atoms with van der Waals surface area (Å²) >= 11 is 6.64. The third-order valence-electron chi connectivity index (χ3n) is 8.56. The maximum absolute atomic E-state index is 13.2. The lowest BCUT2D eigenvalue weighted by molar-refractivity contribution is -0.125. The largest absolute Gasteiger partial charge is 0.495 e. The Labute approximate surface area is 296 Å². The number of para-hydroxylation sites is 2. The molecule has 0 unspecified atom stereocenters. The summed E-state index contributed by atoms with van der Waals surface area (Å²) in [4.78, 5) is 50.2. The lowest BCUT2D eigenvalue weighted by atomic mass is 9.73. The van der Waals surface area contributed by atoms with Crippen LogP contribution in [-0.4, -0.2) is 69.2 Å². The van der Waals surface area contributed by atoms with Gasteiger partial charge >= 0.3 is 0 Å². The van der Waals surface area contributed by atoms with Crippen molar-refractivity contribution in [1.82, 2.24) is 30.4 Å². The SMILES string of the molecule is COc1ccc(C(=O)NCCC(=O)Nc2ccccc2OCC(=O)NC(C)(C)C(C)(C)c2nnc3c(Cl)c(C(C)(C)C)[nH]n23)cc1NC(C)=O. The zero-order valence-electron chi connectivity index (χ0n) is 29.8. The second-order valence-corrected chi connectivity index (χ2v) is 14.3. The van der Waals surface area contributed by atoms with E-state index < -0.39 is 16.9 Å². The molecule has 0 aliphatic carbocycles. The number of methoxy groups -OCH3 is 1. The molecule has 2 heterocycles. The Morgan fingerprint density at radius 3 is 2.26 bits per heavy atom. The molecule has 0 bridgehead atoms. The second kappa shape index (κ2) is 14.8. The van der Waals surface area contributed by atoms with Crippen molar-refractivity contribution in [2.45, 2.75) is 78.2 Å². The first-order valence-corrected chi connectivity index (χ1v) is 16.4. The third-order valence-corrected chi connectivity index (χ3v) is 8.91. The third kappa shape index (κ3) is 8.36. The van der Waals surface area contributed by atoms with Crippen molar-refractivity contribution < 1.29 is 28.7 Å². The number of aromatic amines is 1. The summed E-state index contributed by atoms with van der Waals surface area (Å²) in [5.41, 5.74) is 0.590. The number of hydrogen-bond acceptors (Lipinski definition) is 8. The highest BCUT2D eigenvalue weighted by Gasteiger charge is 2.44. The van der Waals surface area contributed by atoms with Gasteiger partial charge in [-0.05, 0) is 44.2 Å². The monoisotopic (exact) mass is 708 g/mol. The van der Waals surface area contributed by atoms with Crippen molar-refractivity contribution in [3.63, 3.8) is 0 Å². The van der Waals surface area contributed by atoms with Gasteiger partial charge in [0.2, 0.25) is 11.8 Å². The Bertz CT molecular complexity index is 1910. The number of rotatable bonds is 13. The predicted molar refractivity (Wildman–Crippen MR) is 191 cm³/mol. The van der Waals surface area contributed by atoms with E-state index in [4.69, 9.17) is 21.1 Å². The highest BCUT2D eigenvalue weighted by atomic mass is 35.5. The fourth-order valence-electron chi connectivity index (χ4n) is 5.11. The normalized spacial score (nSPS) is 12.0. The highest BCUT2D eigenvalue weighted by molar-refractivity contribution is 6.34. The summed E-state index contributed by atoms with van der Waals surface area (Å²) in [6.45, 7) is 14.9. The van der Waals surface area contributed by atoms with Gasteiger partial charge in [-0.2, -0.15) is 0 Å². The van der Waals surface area contributed by atoms with Gasteiger partial charge in [-0.25, -0.2) is 4.52 Å². The first-order valence-electron chi connectivity index (χ1n) is 16.1. The predicted octanol–water partition coefficient (Wildman–Crippen LogP) is 4.99. The topological polar surface area (TPSA) is 181 Å². The van der Waals surface area contributed by atoms with Crippen LogP contribution in [0.5, 0.6) is 11.5 Å². The van der Waals surface area contributed by atoms with Crippen LogP contribution in [0.1, 0.15) is 83.7 Å². The Morgan fingerprint density at radius 2 is 1.60 bits per heavy atom. The fourth-order valence-corrected chi connectivity index (χ4v) is 5.55. The van der Waals surface area contributed by atoms with E-state index in [1.807, 2.05) is 48.5 Å². The Morgan fingerprint density at radius 1 is 0.900 bits per heavy atom. The van der Waals surface area contributed by atoms with E-state index in [-0.39, 0.29) is 48.3 Å². The van der Waals surface area contributed by atoms with Crippen LogP contribution in [0.2, 0.25) is 5.02 Å². The first-order chi connectivity index (χ1) is 23.4.